The minimum atomic E-state index is 0.649. The van der Waals surface area contributed by atoms with Crippen LogP contribution in [0.2, 0.25) is 0 Å². The number of H-pyrrole nitrogens is 1. The number of likely N-dealkylation sites (N-methyl/N-ethyl adjacent to an activating group) is 1. The Bertz CT molecular complexity index is 499. The molecule has 0 fully saturated rings. The number of hydrogen-bond acceptors (Lipinski definition) is 2. The number of fused-ring (bicyclic) bond motifs is 3. The summed E-state index contributed by atoms with van der Waals surface area (Å²) < 4.78 is 0. The molecule has 1 atom stereocenters. The Morgan fingerprint density at radius 3 is 3.07 bits per heavy atom. The molecule has 78 valence electrons. The van der Waals surface area contributed by atoms with Crippen molar-refractivity contribution >= 4 is 11.0 Å². The van der Waals surface area contributed by atoms with Crippen LogP contribution >= 0.6 is 0 Å². The van der Waals surface area contributed by atoms with Crippen LogP contribution in [0.25, 0.3) is 11.0 Å². The predicted octanol–water partition coefficient (Wildman–Crippen LogP) is 1.59. The molecule has 0 saturated carbocycles. The van der Waals surface area contributed by atoms with Crippen LogP contribution in [0.5, 0.6) is 0 Å². The topological polar surface area (TPSA) is 31.9 Å². The van der Waals surface area contributed by atoms with Gasteiger partial charge in [0.1, 0.15) is 5.65 Å². The van der Waals surface area contributed by atoms with Gasteiger partial charge in [0.2, 0.25) is 0 Å². The Morgan fingerprint density at radius 2 is 2.27 bits per heavy atom. The van der Waals surface area contributed by atoms with E-state index in [9.17, 15) is 0 Å². The van der Waals surface area contributed by atoms with Crippen molar-refractivity contribution in [3.63, 3.8) is 0 Å². The Morgan fingerprint density at radius 1 is 1.40 bits per heavy atom. The molecule has 2 aromatic heterocycles. The predicted molar refractivity (Wildman–Crippen MR) is 61.0 cm³/mol. The molecule has 3 nitrogen and oxygen atoms in total. The average molecular weight is 201 g/mol. The van der Waals surface area contributed by atoms with Crippen molar-refractivity contribution in [3.05, 3.63) is 29.6 Å². The average Bonchev–Trinajstić information content (AvgIpc) is 2.73. The van der Waals surface area contributed by atoms with Crippen molar-refractivity contribution in [2.45, 2.75) is 18.9 Å². The third-order valence-electron chi connectivity index (χ3n) is 3.38. The summed E-state index contributed by atoms with van der Waals surface area (Å²) in [6.45, 7) is 0. The van der Waals surface area contributed by atoms with Gasteiger partial charge in [0.15, 0.2) is 0 Å². The van der Waals surface area contributed by atoms with Crippen molar-refractivity contribution in [1.29, 1.82) is 0 Å². The fourth-order valence-electron chi connectivity index (χ4n) is 2.45. The normalized spacial score (nSPS) is 20.1. The molecular formula is C12H15N3. The molecule has 1 aliphatic rings. The Labute approximate surface area is 89.1 Å². The maximum atomic E-state index is 4.35. The summed E-state index contributed by atoms with van der Waals surface area (Å²) in [5.74, 6) is 0. The smallest absolute Gasteiger partial charge is 0.137 e. The lowest BCUT2D eigenvalue weighted by atomic mass is 10.1. The summed E-state index contributed by atoms with van der Waals surface area (Å²) in [6.07, 6.45) is 4.12. The minimum absolute atomic E-state index is 0.649. The Hall–Kier alpha value is -1.35. The van der Waals surface area contributed by atoms with Crippen LogP contribution in [0.4, 0.5) is 0 Å². The third kappa shape index (κ3) is 1.27. The number of aromatic amines is 1. The van der Waals surface area contributed by atoms with Gasteiger partial charge in [-0.3, -0.25) is 0 Å². The van der Waals surface area contributed by atoms with E-state index in [1.54, 1.807) is 0 Å². The van der Waals surface area contributed by atoms with Crippen LogP contribution in [0.1, 0.15) is 11.3 Å². The first kappa shape index (κ1) is 8.92. The summed E-state index contributed by atoms with van der Waals surface area (Å²) in [7, 11) is 4.30. The van der Waals surface area contributed by atoms with Crippen molar-refractivity contribution in [1.82, 2.24) is 14.9 Å². The van der Waals surface area contributed by atoms with E-state index in [1.807, 2.05) is 12.3 Å². The quantitative estimate of drug-likeness (QED) is 0.760. The van der Waals surface area contributed by atoms with Crippen LogP contribution in [0, 0.1) is 0 Å². The largest absolute Gasteiger partial charge is 0.343 e. The lowest BCUT2D eigenvalue weighted by Crippen LogP contribution is -2.28. The van der Waals surface area contributed by atoms with Crippen LogP contribution in [0.15, 0.2) is 18.3 Å². The third-order valence-corrected chi connectivity index (χ3v) is 3.38. The van der Waals surface area contributed by atoms with Gasteiger partial charge in [0.05, 0.1) is 0 Å². The summed E-state index contributed by atoms with van der Waals surface area (Å²) in [4.78, 5) is 10.1. The number of nitrogens with one attached hydrogen (secondary N) is 1. The summed E-state index contributed by atoms with van der Waals surface area (Å²) >= 11 is 0. The summed E-state index contributed by atoms with van der Waals surface area (Å²) in [5.41, 5.74) is 3.89. The van der Waals surface area contributed by atoms with Crippen LogP contribution in [-0.2, 0) is 12.8 Å². The maximum Gasteiger partial charge on any atom is 0.137 e. The first-order valence-electron chi connectivity index (χ1n) is 5.36. The molecule has 15 heavy (non-hydrogen) atoms. The molecule has 3 heteroatoms. The van der Waals surface area contributed by atoms with Gasteiger partial charge in [0, 0.05) is 29.7 Å². The van der Waals surface area contributed by atoms with Gasteiger partial charge in [0.25, 0.3) is 0 Å². The van der Waals surface area contributed by atoms with Crippen LogP contribution < -0.4 is 0 Å². The van der Waals surface area contributed by atoms with Gasteiger partial charge in [-0.05, 0) is 38.2 Å². The zero-order valence-corrected chi connectivity index (χ0v) is 9.12. The van der Waals surface area contributed by atoms with Gasteiger partial charge in [-0.2, -0.15) is 0 Å². The van der Waals surface area contributed by atoms with Crippen molar-refractivity contribution in [2.75, 3.05) is 14.1 Å². The SMILES string of the molecule is CN(C)C1Cc2[nH]c3ncccc3c2C1. The molecule has 2 heterocycles. The zero-order valence-electron chi connectivity index (χ0n) is 9.12. The number of rotatable bonds is 1. The molecule has 0 radical (unpaired) electrons. The second-order valence-electron chi connectivity index (χ2n) is 4.51. The first-order chi connectivity index (χ1) is 7.25. The molecule has 0 saturated heterocycles. The number of nitrogens with zero attached hydrogens (tertiary/aromatic N) is 2. The molecule has 3 rings (SSSR count). The van der Waals surface area contributed by atoms with Crippen molar-refractivity contribution in [3.8, 4) is 0 Å². The second-order valence-corrected chi connectivity index (χ2v) is 4.51. The maximum absolute atomic E-state index is 4.35. The summed E-state index contributed by atoms with van der Waals surface area (Å²) in [5, 5.41) is 1.30. The van der Waals surface area contributed by atoms with E-state index in [-0.39, 0.29) is 0 Å². The second kappa shape index (κ2) is 3.07. The molecule has 0 bridgehead atoms. The van der Waals surface area contributed by atoms with Gasteiger partial charge < -0.3 is 9.88 Å². The molecule has 1 N–H and O–H groups in total. The Kier molecular flexibility index (Phi) is 1.83. The monoisotopic (exact) mass is 201 g/mol. The van der Waals surface area contributed by atoms with Gasteiger partial charge in [-0.1, -0.05) is 0 Å². The van der Waals surface area contributed by atoms with E-state index < -0.39 is 0 Å². The van der Waals surface area contributed by atoms with E-state index in [4.69, 9.17) is 0 Å². The van der Waals surface area contributed by atoms with E-state index in [0.29, 0.717) is 6.04 Å². The molecule has 0 aromatic carbocycles. The fourth-order valence-corrected chi connectivity index (χ4v) is 2.45. The van der Waals surface area contributed by atoms with E-state index in [2.05, 4.69) is 35.0 Å². The van der Waals surface area contributed by atoms with E-state index in [0.717, 1.165) is 18.5 Å². The fraction of sp³-hybridized carbons (Fsp3) is 0.417. The highest BCUT2D eigenvalue weighted by Crippen LogP contribution is 2.30. The number of hydrogen-bond donors (Lipinski definition) is 1. The van der Waals surface area contributed by atoms with Gasteiger partial charge in [-0.15, -0.1) is 0 Å². The van der Waals surface area contributed by atoms with E-state index >= 15 is 0 Å². The summed E-state index contributed by atoms with van der Waals surface area (Å²) in [6, 6.07) is 4.82. The molecule has 1 aliphatic carbocycles. The lowest BCUT2D eigenvalue weighted by molar-refractivity contribution is 0.303. The number of aromatic nitrogens is 2. The lowest BCUT2D eigenvalue weighted by Gasteiger charge is -2.18. The highest BCUT2D eigenvalue weighted by molar-refractivity contribution is 5.82. The Balaban J connectivity index is 2.08. The van der Waals surface area contributed by atoms with Gasteiger partial charge >= 0.3 is 0 Å². The number of pyridine rings is 1. The van der Waals surface area contributed by atoms with Crippen LogP contribution in [0.3, 0.4) is 0 Å². The zero-order chi connectivity index (χ0) is 10.4. The molecular weight excluding hydrogens is 186 g/mol. The highest BCUT2D eigenvalue weighted by atomic mass is 15.1. The molecule has 0 amide bonds. The van der Waals surface area contributed by atoms with Crippen molar-refractivity contribution < 1.29 is 0 Å². The van der Waals surface area contributed by atoms with Crippen LogP contribution in [-0.4, -0.2) is 35.0 Å². The van der Waals surface area contributed by atoms with E-state index in [1.165, 1.54) is 16.6 Å². The highest BCUT2D eigenvalue weighted by Gasteiger charge is 2.26. The standard InChI is InChI=1S/C12H15N3/c1-15(2)8-6-10-9-4-3-5-13-12(9)14-11(10)7-8/h3-5,8H,6-7H2,1-2H3,(H,13,14). The first-order valence-corrected chi connectivity index (χ1v) is 5.36. The van der Waals surface area contributed by atoms with Gasteiger partial charge in [-0.25, -0.2) is 4.98 Å². The molecule has 1 unspecified atom stereocenters. The molecule has 2 aromatic rings. The molecule has 0 aliphatic heterocycles. The van der Waals surface area contributed by atoms with Crippen molar-refractivity contribution in [2.24, 2.45) is 0 Å². The minimum Gasteiger partial charge on any atom is -0.343 e. The molecule has 0 spiro atoms.